The van der Waals surface area contributed by atoms with Crippen molar-refractivity contribution in [2.24, 2.45) is 0 Å². The average Bonchev–Trinajstić information content (AvgIpc) is 3.42. The third-order valence-electron chi connectivity index (χ3n) is 9.25. The predicted octanol–water partition coefficient (Wildman–Crippen LogP) is 10.8. The van der Waals surface area contributed by atoms with Gasteiger partial charge in [0.2, 0.25) is 0 Å². The van der Waals surface area contributed by atoms with Gasteiger partial charge in [0.1, 0.15) is 0 Å². The quantitative estimate of drug-likeness (QED) is 0.0831. The fourth-order valence-corrected chi connectivity index (χ4v) is 14.9. The number of aryl methyl sites for hydroxylation is 1. The zero-order chi connectivity index (χ0) is 32.0. The summed E-state index contributed by atoms with van der Waals surface area (Å²) in [5.74, 6) is 0. The summed E-state index contributed by atoms with van der Waals surface area (Å²) in [5, 5.41) is 4.48. The van der Waals surface area contributed by atoms with Gasteiger partial charge in [-0.25, -0.2) is 0 Å². The molecule has 44 heavy (non-hydrogen) atoms. The van der Waals surface area contributed by atoms with Gasteiger partial charge in [0.05, 0.1) is 0 Å². The third-order valence-corrected chi connectivity index (χ3v) is 24.5. The van der Waals surface area contributed by atoms with E-state index in [0.717, 1.165) is 29.7 Å². The van der Waals surface area contributed by atoms with Crippen LogP contribution in [0.5, 0.6) is 0 Å². The molecule has 0 fully saturated rings. The molecular weight excluding hydrogens is 657 g/mol. The van der Waals surface area contributed by atoms with Crippen molar-refractivity contribution in [1.29, 1.82) is 0 Å². The molecule has 0 aliphatic heterocycles. The Hall–Kier alpha value is -2.14. The molecule has 6 heteroatoms. The van der Waals surface area contributed by atoms with Crippen LogP contribution in [-0.4, -0.2) is 25.6 Å². The summed E-state index contributed by atoms with van der Waals surface area (Å²) in [6.45, 7) is 18.2. The molecule has 1 heterocycles. The summed E-state index contributed by atoms with van der Waals surface area (Å²) in [4.78, 5) is 4.71. The molecule has 0 unspecified atom stereocenters. The van der Waals surface area contributed by atoms with Crippen LogP contribution in [0.15, 0.2) is 114 Å². The zero-order valence-corrected chi connectivity index (χ0v) is 32.0. The summed E-state index contributed by atoms with van der Waals surface area (Å²) in [6.07, 6.45) is 7.48. The number of thiazole rings is 1. The summed E-state index contributed by atoms with van der Waals surface area (Å²) in [7, 11) is -2.00. The fraction of sp³-hybridized carbons (Fsp3) is 0.342. The Kier molecular flexibility index (Phi) is 11.1. The van der Waals surface area contributed by atoms with Gasteiger partial charge in [-0.3, -0.25) is 0 Å². The number of benzene rings is 3. The number of hydrogen-bond acceptors (Lipinski definition) is 3. The first-order chi connectivity index (χ1) is 20.7. The van der Waals surface area contributed by atoms with E-state index in [1.165, 1.54) is 27.1 Å². The Bertz CT molecular complexity index is 1480. The van der Waals surface area contributed by atoms with Crippen LogP contribution in [0.25, 0.3) is 6.08 Å². The van der Waals surface area contributed by atoms with E-state index in [-0.39, 0.29) is 11.1 Å². The predicted molar refractivity (Wildman–Crippen MR) is 205 cm³/mol. The maximum atomic E-state index is 7.07. The molecule has 4 rings (SSSR count). The molecule has 3 aromatic carbocycles. The molecule has 0 radical (unpaired) electrons. The number of allylic oxidation sites excluding steroid dienone is 1. The van der Waals surface area contributed by atoms with E-state index in [0.29, 0.717) is 0 Å². The number of aromatic nitrogens is 1. The van der Waals surface area contributed by atoms with Gasteiger partial charge in [0.25, 0.3) is 0 Å². The van der Waals surface area contributed by atoms with Gasteiger partial charge in [-0.05, 0) is 0 Å². The SMILES string of the molecule is CC(=CC[C@H](O[Si](C)(C)C(C)(C)C)C(C)=Cc1csc(C)n1)CCP(Br)(c1ccccc1)(c1ccccc1)c1ccccc1. The Balaban J connectivity index is 1.70. The second-order valence-electron chi connectivity index (χ2n) is 13.5. The normalized spacial score (nSPS) is 15.1. The molecule has 0 saturated heterocycles. The molecule has 0 saturated carbocycles. The van der Waals surface area contributed by atoms with Gasteiger partial charge in [0, 0.05) is 0 Å². The molecule has 0 aliphatic rings. The molecule has 0 aliphatic carbocycles. The molecule has 1 aromatic heterocycles. The van der Waals surface area contributed by atoms with Crippen molar-refractivity contribution in [1.82, 2.24) is 4.98 Å². The minimum absolute atomic E-state index is 0.0180. The van der Waals surface area contributed by atoms with Gasteiger partial charge < -0.3 is 0 Å². The number of nitrogens with zero attached hydrogens (tertiary/aromatic N) is 1. The molecule has 234 valence electrons. The van der Waals surface area contributed by atoms with Crippen LogP contribution >= 0.6 is 32.1 Å². The van der Waals surface area contributed by atoms with Crippen LogP contribution in [0.2, 0.25) is 18.1 Å². The first-order valence-electron chi connectivity index (χ1n) is 15.6. The van der Waals surface area contributed by atoms with Crippen LogP contribution in [0.1, 0.15) is 58.2 Å². The molecule has 2 nitrogen and oxygen atoms in total. The number of rotatable bonds is 12. The van der Waals surface area contributed by atoms with Gasteiger partial charge in [-0.2, -0.15) is 0 Å². The monoisotopic (exact) mass is 705 g/mol. The molecule has 0 bridgehead atoms. The second-order valence-corrected chi connectivity index (χ2v) is 28.4. The van der Waals surface area contributed by atoms with Crippen molar-refractivity contribution in [2.45, 2.75) is 78.6 Å². The van der Waals surface area contributed by atoms with E-state index in [1.54, 1.807) is 11.3 Å². The molecular formula is C38H49BrNOPSSi. The average molecular weight is 707 g/mol. The molecule has 0 N–H and O–H groups in total. The summed E-state index contributed by atoms with van der Waals surface area (Å²) in [5.41, 5.74) is 3.66. The zero-order valence-electron chi connectivity index (χ0n) is 27.7. The summed E-state index contributed by atoms with van der Waals surface area (Å²) in [6, 6.07) is 33.2. The first kappa shape index (κ1) is 34.7. The molecule has 0 amide bonds. The van der Waals surface area contributed by atoms with E-state index in [9.17, 15) is 0 Å². The number of halogens is 1. The van der Waals surface area contributed by atoms with Crippen LogP contribution in [-0.2, 0) is 4.43 Å². The fourth-order valence-electron chi connectivity index (χ4n) is 5.48. The van der Waals surface area contributed by atoms with Crippen molar-refractivity contribution in [3.05, 3.63) is 124 Å². The van der Waals surface area contributed by atoms with Crippen LogP contribution in [0.4, 0.5) is 0 Å². The number of hydrogen-bond donors (Lipinski definition) is 0. The van der Waals surface area contributed by atoms with Crippen molar-refractivity contribution >= 4 is 62.4 Å². The van der Waals surface area contributed by atoms with Crippen LogP contribution in [0.3, 0.4) is 0 Å². The van der Waals surface area contributed by atoms with Crippen molar-refractivity contribution in [2.75, 3.05) is 6.16 Å². The molecule has 0 spiro atoms. The van der Waals surface area contributed by atoms with E-state index >= 15 is 0 Å². The van der Waals surface area contributed by atoms with Gasteiger partial charge in [-0.1, -0.05) is 0 Å². The Labute approximate surface area is 279 Å². The van der Waals surface area contributed by atoms with Gasteiger partial charge in [-0.15, -0.1) is 0 Å². The summed E-state index contributed by atoms with van der Waals surface area (Å²) >= 11 is 6.32. The Morgan fingerprint density at radius 2 is 1.36 bits per heavy atom. The van der Waals surface area contributed by atoms with E-state index in [1.807, 2.05) is 0 Å². The van der Waals surface area contributed by atoms with Crippen molar-refractivity contribution in [3.63, 3.8) is 0 Å². The van der Waals surface area contributed by atoms with Crippen LogP contribution < -0.4 is 15.9 Å². The minimum atomic E-state index is -2.97. The van der Waals surface area contributed by atoms with E-state index in [2.05, 4.69) is 179 Å². The topological polar surface area (TPSA) is 22.1 Å². The second kappa shape index (κ2) is 14.1. The van der Waals surface area contributed by atoms with Crippen molar-refractivity contribution < 1.29 is 4.43 Å². The van der Waals surface area contributed by atoms with Crippen LogP contribution in [0, 0.1) is 6.92 Å². The standard InChI is InChI=1S/C38H49BrNOPSSi/c1-30(24-25-37(41-44(7,8)38(4,5)6)31(2)28-33-29-43-32(3)40-33)26-27-42(39,34-18-12-9-13-19-34,35-20-14-10-15-21-35)36-22-16-11-17-23-36/h9-24,28-29,37H,25-27H2,1-8H3/t37-/m0/s1. The summed E-state index contributed by atoms with van der Waals surface area (Å²) < 4.78 is 7.07. The van der Waals surface area contributed by atoms with Crippen molar-refractivity contribution in [3.8, 4) is 0 Å². The Morgan fingerprint density at radius 1 is 0.886 bits per heavy atom. The third kappa shape index (κ3) is 7.62. The first-order valence-corrected chi connectivity index (χ1v) is 23.8. The van der Waals surface area contributed by atoms with Gasteiger partial charge >= 0.3 is 281 Å². The van der Waals surface area contributed by atoms with E-state index in [4.69, 9.17) is 9.41 Å². The molecule has 4 aromatic rings. The van der Waals surface area contributed by atoms with Gasteiger partial charge in [0.15, 0.2) is 0 Å². The maximum absolute atomic E-state index is 7.07. The van der Waals surface area contributed by atoms with E-state index < -0.39 is 13.6 Å². The molecule has 1 atom stereocenters. The Morgan fingerprint density at radius 3 is 1.77 bits per heavy atom.